The molecule has 1 atom stereocenters. The fourth-order valence-corrected chi connectivity index (χ4v) is 1.68. The number of hydrogen-bond acceptors (Lipinski definition) is 1. The molecule has 0 saturated carbocycles. The number of carbonyl (C=O) groups excluding carboxylic acids is 1. The summed E-state index contributed by atoms with van der Waals surface area (Å²) in [6, 6.07) is 0. The normalized spacial score (nSPS) is 25.4. The van der Waals surface area contributed by atoms with Crippen molar-refractivity contribution in [2.45, 2.75) is 33.6 Å². The van der Waals surface area contributed by atoms with Crippen LogP contribution in [0.4, 0.5) is 0 Å². The van der Waals surface area contributed by atoms with E-state index in [9.17, 15) is 4.79 Å². The summed E-state index contributed by atoms with van der Waals surface area (Å²) in [5, 5.41) is 2.85. The summed E-state index contributed by atoms with van der Waals surface area (Å²) in [5.74, 6) is 0.793. The largest absolute Gasteiger partial charge is 0.356 e. The van der Waals surface area contributed by atoms with Gasteiger partial charge < -0.3 is 5.32 Å². The lowest BCUT2D eigenvalue weighted by atomic mass is 9.84. The van der Waals surface area contributed by atoms with Gasteiger partial charge in [0.15, 0.2) is 0 Å². The fraction of sp³-hybridized carbons (Fsp3) is 0.889. The van der Waals surface area contributed by atoms with E-state index in [2.05, 4.69) is 26.1 Å². The molecule has 0 aliphatic carbocycles. The minimum atomic E-state index is 0.222. The van der Waals surface area contributed by atoms with Gasteiger partial charge in [-0.15, -0.1) is 0 Å². The van der Waals surface area contributed by atoms with Crippen LogP contribution in [0.15, 0.2) is 0 Å². The Hall–Kier alpha value is -0.530. The van der Waals surface area contributed by atoms with Crippen LogP contribution in [0.2, 0.25) is 0 Å². The van der Waals surface area contributed by atoms with Gasteiger partial charge in [0.05, 0.1) is 0 Å². The first kappa shape index (κ1) is 8.57. The van der Waals surface area contributed by atoms with Gasteiger partial charge in [-0.3, -0.25) is 4.79 Å². The van der Waals surface area contributed by atoms with Crippen LogP contribution in [0.25, 0.3) is 0 Å². The van der Waals surface area contributed by atoms with Crippen molar-refractivity contribution in [3.63, 3.8) is 0 Å². The molecule has 2 heteroatoms. The highest BCUT2D eigenvalue weighted by Crippen LogP contribution is 2.27. The van der Waals surface area contributed by atoms with Crippen molar-refractivity contribution >= 4 is 5.91 Å². The quantitative estimate of drug-likeness (QED) is 0.611. The molecule has 1 amide bonds. The van der Waals surface area contributed by atoms with Crippen LogP contribution in [-0.2, 0) is 4.79 Å². The molecule has 1 aliphatic rings. The van der Waals surface area contributed by atoms with Crippen LogP contribution in [0.1, 0.15) is 33.6 Å². The standard InChI is InChI=1S/C9H17NO/c1-9(2,3)5-7-4-8(11)10-6-7/h7H,4-6H2,1-3H3,(H,10,11). The zero-order valence-corrected chi connectivity index (χ0v) is 7.61. The Kier molecular flexibility index (Phi) is 2.21. The lowest BCUT2D eigenvalue weighted by molar-refractivity contribution is -0.119. The Bertz CT molecular complexity index is 157. The van der Waals surface area contributed by atoms with Gasteiger partial charge in [0.25, 0.3) is 0 Å². The van der Waals surface area contributed by atoms with Crippen LogP contribution in [0, 0.1) is 11.3 Å². The van der Waals surface area contributed by atoms with E-state index in [0.717, 1.165) is 19.4 Å². The van der Waals surface area contributed by atoms with E-state index in [-0.39, 0.29) is 5.91 Å². The molecular formula is C9H17NO. The van der Waals surface area contributed by atoms with Crippen molar-refractivity contribution in [3.05, 3.63) is 0 Å². The van der Waals surface area contributed by atoms with Crippen LogP contribution in [0.3, 0.4) is 0 Å². The summed E-state index contributed by atoms with van der Waals surface area (Å²) in [6.07, 6.45) is 1.88. The van der Waals surface area contributed by atoms with Gasteiger partial charge in [0.1, 0.15) is 0 Å². The summed E-state index contributed by atoms with van der Waals surface area (Å²) < 4.78 is 0. The average molecular weight is 155 g/mol. The fourth-order valence-electron chi connectivity index (χ4n) is 1.68. The van der Waals surface area contributed by atoms with Crippen molar-refractivity contribution in [1.29, 1.82) is 0 Å². The molecule has 1 unspecified atom stereocenters. The molecule has 2 nitrogen and oxygen atoms in total. The summed E-state index contributed by atoms with van der Waals surface area (Å²) >= 11 is 0. The third-order valence-corrected chi connectivity index (χ3v) is 1.96. The number of nitrogens with one attached hydrogen (secondary N) is 1. The molecule has 11 heavy (non-hydrogen) atoms. The minimum absolute atomic E-state index is 0.222. The summed E-state index contributed by atoms with van der Waals surface area (Å²) in [4.78, 5) is 10.8. The summed E-state index contributed by atoms with van der Waals surface area (Å²) in [5.41, 5.74) is 0.358. The molecule has 0 spiro atoms. The second-order valence-electron chi connectivity index (χ2n) is 4.64. The Morgan fingerprint density at radius 1 is 1.55 bits per heavy atom. The van der Waals surface area contributed by atoms with Gasteiger partial charge in [-0.2, -0.15) is 0 Å². The minimum Gasteiger partial charge on any atom is -0.356 e. The third-order valence-electron chi connectivity index (χ3n) is 1.96. The van der Waals surface area contributed by atoms with Crippen LogP contribution in [-0.4, -0.2) is 12.5 Å². The molecule has 0 aromatic heterocycles. The molecule has 1 N–H and O–H groups in total. The van der Waals surface area contributed by atoms with E-state index in [4.69, 9.17) is 0 Å². The number of carbonyl (C=O) groups is 1. The van der Waals surface area contributed by atoms with Crippen molar-refractivity contribution in [2.75, 3.05) is 6.54 Å². The average Bonchev–Trinajstić information content (AvgIpc) is 2.10. The van der Waals surface area contributed by atoms with Crippen molar-refractivity contribution < 1.29 is 4.79 Å². The Morgan fingerprint density at radius 3 is 2.55 bits per heavy atom. The van der Waals surface area contributed by atoms with Crippen molar-refractivity contribution in [3.8, 4) is 0 Å². The number of rotatable bonds is 1. The molecule has 1 saturated heterocycles. The SMILES string of the molecule is CC(C)(C)CC1CNC(=O)C1. The highest BCUT2D eigenvalue weighted by Gasteiger charge is 2.25. The molecular weight excluding hydrogens is 138 g/mol. The molecule has 0 bridgehead atoms. The van der Waals surface area contributed by atoms with Crippen molar-refractivity contribution in [2.24, 2.45) is 11.3 Å². The third kappa shape index (κ3) is 2.91. The first-order valence-electron chi connectivity index (χ1n) is 4.24. The van der Waals surface area contributed by atoms with Gasteiger partial charge in [-0.1, -0.05) is 20.8 Å². The van der Waals surface area contributed by atoms with Gasteiger partial charge in [0.2, 0.25) is 5.91 Å². The monoisotopic (exact) mass is 155 g/mol. The summed E-state index contributed by atoms with van der Waals surface area (Å²) in [7, 11) is 0. The topological polar surface area (TPSA) is 29.1 Å². The lowest BCUT2D eigenvalue weighted by Gasteiger charge is -2.21. The van der Waals surface area contributed by atoms with Gasteiger partial charge in [-0.05, 0) is 17.8 Å². The molecule has 1 rings (SSSR count). The molecule has 64 valence electrons. The molecule has 1 fully saturated rings. The van der Waals surface area contributed by atoms with Crippen molar-refractivity contribution in [1.82, 2.24) is 5.32 Å². The maximum Gasteiger partial charge on any atom is 0.220 e. The van der Waals surface area contributed by atoms with E-state index < -0.39 is 0 Å². The van der Waals surface area contributed by atoms with E-state index in [1.54, 1.807) is 0 Å². The maximum atomic E-state index is 10.8. The highest BCUT2D eigenvalue weighted by molar-refractivity contribution is 5.78. The molecule has 0 aromatic rings. The maximum absolute atomic E-state index is 10.8. The van der Waals surface area contributed by atoms with Crippen LogP contribution >= 0.6 is 0 Å². The van der Waals surface area contributed by atoms with Gasteiger partial charge in [-0.25, -0.2) is 0 Å². The highest BCUT2D eigenvalue weighted by atomic mass is 16.1. The van der Waals surface area contributed by atoms with E-state index in [1.165, 1.54) is 0 Å². The lowest BCUT2D eigenvalue weighted by Crippen LogP contribution is -2.16. The molecule has 1 aliphatic heterocycles. The first-order chi connectivity index (χ1) is 4.97. The molecule has 1 heterocycles. The van der Waals surface area contributed by atoms with Crippen LogP contribution < -0.4 is 5.32 Å². The Morgan fingerprint density at radius 2 is 2.18 bits per heavy atom. The zero-order valence-electron chi connectivity index (χ0n) is 7.61. The summed E-state index contributed by atoms with van der Waals surface area (Å²) in [6.45, 7) is 7.54. The van der Waals surface area contributed by atoms with Gasteiger partial charge >= 0.3 is 0 Å². The van der Waals surface area contributed by atoms with E-state index in [0.29, 0.717) is 11.3 Å². The molecule has 0 radical (unpaired) electrons. The van der Waals surface area contributed by atoms with Crippen LogP contribution in [0.5, 0.6) is 0 Å². The number of hydrogen-bond donors (Lipinski definition) is 1. The second-order valence-corrected chi connectivity index (χ2v) is 4.64. The Balaban J connectivity index is 2.34. The van der Waals surface area contributed by atoms with E-state index >= 15 is 0 Å². The predicted molar refractivity (Wildman–Crippen MR) is 45.2 cm³/mol. The molecule has 0 aromatic carbocycles. The van der Waals surface area contributed by atoms with E-state index in [1.807, 2.05) is 0 Å². The smallest absolute Gasteiger partial charge is 0.220 e. The first-order valence-corrected chi connectivity index (χ1v) is 4.24. The number of amides is 1. The van der Waals surface area contributed by atoms with Gasteiger partial charge in [0, 0.05) is 13.0 Å². The zero-order chi connectivity index (χ0) is 8.48. The predicted octanol–water partition coefficient (Wildman–Crippen LogP) is 1.56. The Labute approximate surface area is 68.4 Å². The second kappa shape index (κ2) is 2.84.